The van der Waals surface area contributed by atoms with Gasteiger partial charge in [-0.1, -0.05) is 18.2 Å². The number of halogens is 1. The molecular formula is C29H31FN6O. The monoisotopic (exact) mass is 504 g/mol. The molecule has 0 saturated carbocycles. The maximum atomic E-state index is 14.7. The first-order valence-electron chi connectivity index (χ1n) is 14.9. The quantitative estimate of drug-likeness (QED) is 0.418. The van der Waals surface area contributed by atoms with Crippen molar-refractivity contribution in [2.45, 2.75) is 19.4 Å². The number of aryl methyl sites for hydroxylation is 1. The Morgan fingerprint density at radius 2 is 1.97 bits per heavy atom. The van der Waals surface area contributed by atoms with Crippen LogP contribution in [0.5, 0.6) is 0 Å². The average molecular weight is 505 g/mol. The zero-order valence-corrected chi connectivity index (χ0v) is 20.6. The van der Waals surface area contributed by atoms with Crippen LogP contribution in [0.4, 0.5) is 10.1 Å². The lowest BCUT2D eigenvalue weighted by Gasteiger charge is -2.32. The molecule has 2 N–H and O–H groups in total. The van der Waals surface area contributed by atoms with E-state index in [9.17, 15) is 9.18 Å². The Morgan fingerprint density at radius 3 is 2.65 bits per heavy atom. The number of pyridine rings is 2. The van der Waals surface area contributed by atoms with E-state index in [1.165, 1.54) is 24.4 Å². The van der Waals surface area contributed by atoms with Crippen LogP contribution in [-0.2, 0) is 7.05 Å². The van der Waals surface area contributed by atoms with Gasteiger partial charge in [-0.2, -0.15) is 0 Å². The number of nitrogens with two attached hydrogens (primary N) is 1. The van der Waals surface area contributed by atoms with E-state index in [1.54, 1.807) is 24.4 Å². The molecule has 37 heavy (non-hydrogen) atoms. The summed E-state index contributed by atoms with van der Waals surface area (Å²) in [4.78, 5) is 23.8. The van der Waals surface area contributed by atoms with E-state index >= 15 is 0 Å². The largest absolute Gasteiger partial charge is 0.397 e. The molecule has 3 aromatic heterocycles. The van der Waals surface area contributed by atoms with Crippen LogP contribution in [0.3, 0.4) is 0 Å². The number of aromatic nitrogens is 3. The second-order valence-corrected chi connectivity index (χ2v) is 9.19. The summed E-state index contributed by atoms with van der Waals surface area (Å²) < 4.78 is 61.7. The molecule has 190 valence electrons. The first kappa shape index (κ1) is 18.2. The van der Waals surface area contributed by atoms with Crippen molar-refractivity contribution in [1.82, 2.24) is 24.3 Å². The van der Waals surface area contributed by atoms with E-state index < -0.39 is 25.7 Å². The van der Waals surface area contributed by atoms with Gasteiger partial charge >= 0.3 is 0 Å². The highest BCUT2D eigenvalue weighted by molar-refractivity contribution is 5.94. The van der Waals surface area contributed by atoms with E-state index in [1.807, 2.05) is 17.7 Å². The van der Waals surface area contributed by atoms with Crippen molar-refractivity contribution >= 4 is 28.2 Å². The van der Waals surface area contributed by atoms with Gasteiger partial charge in [-0.25, -0.2) is 9.37 Å². The number of carbonyl (C=O) groups excluding carboxylic acids is 1. The smallest absolute Gasteiger partial charge is 0.253 e. The van der Waals surface area contributed by atoms with Gasteiger partial charge in [0.25, 0.3) is 5.91 Å². The number of nitrogens with zero attached hydrogens (tertiary/aromatic N) is 5. The van der Waals surface area contributed by atoms with Gasteiger partial charge < -0.3 is 15.2 Å². The number of anilines is 1. The van der Waals surface area contributed by atoms with Crippen LogP contribution in [0.25, 0.3) is 27.9 Å². The number of rotatable bonds is 5. The standard InChI is InChI=1S/C29H31FN6O/c1-18(36-13-10-20(11-14-36)19-5-7-21(8-6-19)29(37)34(2)3)26-16-24-23(9-12-32-28(24)35(26)4)27-25(30)15-22(31)17-33-27/h5-10,12,15-18H,11,13-14,31H2,1-4H3/t18-/m0/s1/i2D3,3D3. The van der Waals surface area contributed by atoms with E-state index in [4.69, 9.17) is 14.0 Å². The number of amides is 1. The minimum absolute atomic E-state index is 0.0135. The van der Waals surface area contributed by atoms with Gasteiger partial charge in [0.05, 0.1) is 11.9 Å². The second-order valence-electron chi connectivity index (χ2n) is 9.19. The van der Waals surface area contributed by atoms with Crippen LogP contribution in [-0.4, -0.2) is 57.3 Å². The number of carbonyl (C=O) groups is 1. The summed E-state index contributed by atoms with van der Waals surface area (Å²) in [6.07, 6.45) is 5.90. The van der Waals surface area contributed by atoms with Gasteiger partial charge in [-0.15, -0.1) is 0 Å². The van der Waals surface area contributed by atoms with Crippen LogP contribution in [0.1, 0.15) is 49.2 Å². The molecule has 0 spiro atoms. The van der Waals surface area contributed by atoms with Crippen LogP contribution < -0.4 is 5.73 Å². The first-order valence-corrected chi connectivity index (χ1v) is 11.9. The number of nitrogen functional groups attached to an aromatic ring is 1. The highest BCUT2D eigenvalue weighted by Gasteiger charge is 2.24. The fourth-order valence-corrected chi connectivity index (χ4v) is 4.94. The molecular weight excluding hydrogens is 467 g/mol. The summed E-state index contributed by atoms with van der Waals surface area (Å²) in [5.74, 6) is -1.57. The Balaban J connectivity index is 1.34. The fraction of sp³-hybridized carbons (Fsp3) is 0.276. The summed E-state index contributed by atoms with van der Waals surface area (Å²) >= 11 is 0. The van der Waals surface area contributed by atoms with Crippen molar-refractivity contribution in [2.24, 2.45) is 7.05 Å². The van der Waals surface area contributed by atoms with Gasteiger partial charge in [0.15, 0.2) is 5.82 Å². The van der Waals surface area contributed by atoms with Crippen LogP contribution in [0.15, 0.2) is 60.9 Å². The van der Waals surface area contributed by atoms with Crippen molar-refractivity contribution in [3.8, 4) is 11.3 Å². The van der Waals surface area contributed by atoms with Gasteiger partial charge in [-0.05, 0) is 48.7 Å². The van der Waals surface area contributed by atoms with Gasteiger partial charge in [0, 0.05) is 82.8 Å². The SMILES string of the molecule is [2H]C([2H])([2H])N(C(=O)c1ccc(C2=CCN([C@@H](C)c3cc4c(-c5ncc(N)cc5F)ccnc4n3C)CC2)cc1)C([2H])([2H])[2H]. The molecule has 1 amide bonds. The minimum atomic E-state index is -3.10. The predicted octanol–water partition coefficient (Wildman–Crippen LogP) is 4.91. The average Bonchev–Trinajstić information content (AvgIpc) is 3.28. The third-order valence-electron chi connectivity index (χ3n) is 7.01. The van der Waals surface area contributed by atoms with Gasteiger partial charge in [0.2, 0.25) is 0 Å². The van der Waals surface area contributed by atoms with Gasteiger partial charge in [0.1, 0.15) is 11.3 Å². The normalized spacial score (nSPS) is 18.1. The molecule has 0 unspecified atom stereocenters. The predicted molar refractivity (Wildman–Crippen MR) is 145 cm³/mol. The molecule has 1 aliphatic heterocycles. The Labute approximate surface area is 224 Å². The first-order chi connectivity index (χ1) is 20.2. The van der Waals surface area contributed by atoms with E-state index in [0.717, 1.165) is 40.8 Å². The van der Waals surface area contributed by atoms with Crippen molar-refractivity contribution in [1.29, 1.82) is 0 Å². The topological polar surface area (TPSA) is 80.3 Å². The Bertz CT molecular complexity index is 1700. The number of benzene rings is 1. The lowest BCUT2D eigenvalue weighted by Crippen LogP contribution is -2.32. The summed E-state index contributed by atoms with van der Waals surface area (Å²) in [5, 5.41) is 0.793. The summed E-state index contributed by atoms with van der Waals surface area (Å²) in [7, 11) is 1.94. The third kappa shape index (κ3) is 4.60. The van der Waals surface area contributed by atoms with E-state index in [-0.39, 0.29) is 27.9 Å². The second kappa shape index (κ2) is 9.78. The molecule has 4 aromatic rings. The highest BCUT2D eigenvalue weighted by Crippen LogP contribution is 2.34. The number of fused-ring (bicyclic) bond motifs is 1. The molecule has 0 saturated heterocycles. The molecule has 1 aliphatic rings. The summed E-state index contributed by atoms with van der Waals surface area (Å²) in [6, 6.07) is 11.4. The lowest BCUT2D eigenvalue weighted by atomic mass is 9.97. The zero-order chi connectivity index (χ0) is 31.3. The molecule has 4 heterocycles. The molecule has 1 atom stereocenters. The molecule has 1 aromatic carbocycles. The molecule has 8 heteroatoms. The zero-order valence-electron chi connectivity index (χ0n) is 26.6. The van der Waals surface area contributed by atoms with E-state index in [0.29, 0.717) is 12.1 Å². The minimum Gasteiger partial charge on any atom is -0.397 e. The number of hydrogen-bond acceptors (Lipinski definition) is 5. The highest BCUT2D eigenvalue weighted by atomic mass is 19.1. The van der Waals surface area contributed by atoms with Gasteiger partial charge in [-0.3, -0.25) is 14.7 Å². The Hall–Kier alpha value is -4.04. The third-order valence-corrected chi connectivity index (χ3v) is 7.01. The maximum absolute atomic E-state index is 14.7. The maximum Gasteiger partial charge on any atom is 0.253 e. The van der Waals surface area contributed by atoms with Crippen molar-refractivity contribution < 1.29 is 17.4 Å². The van der Waals surface area contributed by atoms with Crippen LogP contribution >= 0.6 is 0 Å². The van der Waals surface area contributed by atoms with Crippen LogP contribution in [0.2, 0.25) is 0 Å². The summed E-state index contributed by atoms with van der Waals surface area (Å²) in [6.45, 7) is -2.69. The van der Waals surface area contributed by atoms with Crippen LogP contribution in [0, 0.1) is 5.82 Å². The fourth-order valence-electron chi connectivity index (χ4n) is 4.94. The Morgan fingerprint density at radius 1 is 1.19 bits per heavy atom. The van der Waals surface area contributed by atoms with Crippen molar-refractivity contribution in [3.63, 3.8) is 0 Å². The van der Waals surface area contributed by atoms with Crippen molar-refractivity contribution in [3.05, 3.63) is 83.6 Å². The number of hydrogen-bond donors (Lipinski definition) is 1. The molecule has 5 rings (SSSR count). The molecule has 7 nitrogen and oxygen atoms in total. The molecule has 0 bridgehead atoms. The lowest BCUT2D eigenvalue weighted by molar-refractivity contribution is 0.0827. The molecule has 0 aliphatic carbocycles. The van der Waals surface area contributed by atoms with Crippen molar-refractivity contribution in [2.75, 3.05) is 32.8 Å². The molecule has 0 fully saturated rings. The summed E-state index contributed by atoms with van der Waals surface area (Å²) in [5.41, 5.74) is 10.5. The Kier molecular flexibility index (Phi) is 4.82. The van der Waals surface area contributed by atoms with E-state index in [2.05, 4.69) is 27.9 Å². The molecule has 0 radical (unpaired) electrons.